The van der Waals surface area contributed by atoms with Crippen molar-refractivity contribution in [3.05, 3.63) is 18.1 Å². The smallest absolute Gasteiger partial charge is 0.179 e. The molecule has 0 atom stereocenters. The predicted octanol–water partition coefficient (Wildman–Crippen LogP) is 1.74. The van der Waals surface area contributed by atoms with E-state index in [1.807, 2.05) is 0 Å². The van der Waals surface area contributed by atoms with Crippen molar-refractivity contribution in [2.45, 2.75) is 20.3 Å². The molecule has 0 unspecified atom stereocenters. The van der Waals surface area contributed by atoms with Gasteiger partial charge in [0.15, 0.2) is 5.65 Å². The van der Waals surface area contributed by atoms with Gasteiger partial charge in [0, 0.05) is 12.6 Å². The molecule has 2 aromatic rings. The summed E-state index contributed by atoms with van der Waals surface area (Å²) in [5, 5.41) is 0. The lowest BCUT2D eigenvalue weighted by Gasteiger charge is -1.98. The Morgan fingerprint density at radius 3 is 2.93 bits per heavy atom. The van der Waals surface area contributed by atoms with Gasteiger partial charge in [-0.1, -0.05) is 13.8 Å². The van der Waals surface area contributed by atoms with Crippen molar-refractivity contribution in [2.24, 2.45) is 5.92 Å². The molecule has 2 heterocycles. The van der Waals surface area contributed by atoms with Crippen LogP contribution >= 0.6 is 0 Å². The number of hydrogen-bond donors (Lipinski definition) is 2. The Kier molecular flexibility index (Phi) is 2.11. The normalized spacial score (nSPS) is 11.4. The fourth-order valence-corrected chi connectivity index (χ4v) is 1.46. The van der Waals surface area contributed by atoms with Gasteiger partial charge >= 0.3 is 0 Å². The van der Waals surface area contributed by atoms with Crippen LogP contribution in [0.5, 0.6) is 0 Å². The number of nitrogens with one attached hydrogen (secondary N) is 1. The number of imidazole rings is 1. The number of nitrogens with two attached hydrogens (primary N) is 1. The lowest BCUT2D eigenvalue weighted by atomic mass is 10.1. The van der Waals surface area contributed by atoms with E-state index >= 15 is 0 Å². The predicted molar refractivity (Wildman–Crippen MR) is 56.8 cm³/mol. The highest BCUT2D eigenvalue weighted by molar-refractivity contribution is 5.83. The Morgan fingerprint density at radius 1 is 1.50 bits per heavy atom. The van der Waals surface area contributed by atoms with Crippen LogP contribution in [0.1, 0.15) is 19.7 Å². The molecule has 3 N–H and O–H groups in total. The molecule has 0 aliphatic heterocycles. The van der Waals surface area contributed by atoms with Crippen molar-refractivity contribution in [1.82, 2.24) is 15.0 Å². The largest absolute Gasteiger partial charge is 0.397 e. The van der Waals surface area contributed by atoms with Gasteiger partial charge in [0.05, 0.1) is 5.69 Å². The molecule has 0 amide bonds. The van der Waals surface area contributed by atoms with Crippen molar-refractivity contribution in [1.29, 1.82) is 0 Å². The minimum absolute atomic E-state index is 0.580. The number of pyridine rings is 1. The van der Waals surface area contributed by atoms with Gasteiger partial charge in [0.25, 0.3) is 0 Å². The summed E-state index contributed by atoms with van der Waals surface area (Å²) < 4.78 is 0. The number of anilines is 1. The second kappa shape index (κ2) is 3.29. The Labute approximate surface area is 82.6 Å². The topological polar surface area (TPSA) is 67.6 Å². The molecule has 4 heteroatoms. The monoisotopic (exact) mass is 190 g/mol. The zero-order valence-electron chi connectivity index (χ0n) is 8.41. The van der Waals surface area contributed by atoms with Crippen LogP contribution in [0.25, 0.3) is 11.2 Å². The molecule has 0 aliphatic rings. The van der Waals surface area contributed by atoms with Crippen LogP contribution in [-0.4, -0.2) is 15.0 Å². The Bertz CT molecular complexity index is 444. The maximum Gasteiger partial charge on any atom is 0.179 e. The molecule has 0 fully saturated rings. The van der Waals surface area contributed by atoms with E-state index in [0.29, 0.717) is 17.3 Å². The molecule has 0 bridgehead atoms. The number of rotatable bonds is 2. The fourth-order valence-electron chi connectivity index (χ4n) is 1.46. The first-order valence-electron chi connectivity index (χ1n) is 4.76. The number of aromatic nitrogens is 3. The molecule has 2 aromatic heterocycles. The van der Waals surface area contributed by atoms with Gasteiger partial charge in [-0.25, -0.2) is 9.97 Å². The first kappa shape index (κ1) is 8.99. The van der Waals surface area contributed by atoms with E-state index in [9.17, 15) is 0 Å². The molecule has 0 spiro atoms. The first-order chi connectivity index (χ1) is 6.66. The molecule has 0 aliphatic carbocycles. The number of H-pyrrole nitrogens is 1. The van der Waals surface area contributed by atoms with Gasteiger partial charge < -0.3 is 10.7 Å². The van der Waals surface area contributed by atoms with E-state index in [2.05, 4.69) is 28.8 Å². The first-order valence-corrected chi connectivity index (χ1v) is 4.76. The van der Waals surface area contributed by atoms with Crippen molar-refractivity contribution in [2.75, 3.05) is 5.73 Å². The molecular formula is C10H14N4. The maximum atomic E-state index is 5.79. The maximum absolute atomic E-state index is 5.79. The van der Waals surface area contributed by atoms with Gasteiger partial charge in [-0.3, -0.25) is 0 Å². The zero-order valence-corrected chi connectivity index (χ0v) is 8.41. The van der Waals surface area contributed by atoms with Crippen LogP contribution in [0.2, 0.25) is 0 Å². The van der Waals surface area contributed by atoms with Crippen molar-refractivity contribution < 1.29 is 0 Å². The number of hydrogen-bond acceptors (Lipinski definition) is 3. The summed E-state index contributed by atoms with van der Waals surface area (Å²) in [4.78, 5) is 11.7. The molecule has 0 saturated carbocycles. The SMILES string of the molecule is CC(C)Cc1nc2nccc(N)c2[nH]1. The lowest BCUT2D eigenvalue weighted by Crippen LogP contribution is -1.95. The quantitative estimate of drug-likeness (QED) is 0.757. The number of nitrogen functional groups attached to an aromatic ring is 1. The van der Waals surface area contributed by atoms with Crippen LogP contribution in [0.15, 0.2) is 12.3 Å². The number of aromatic amines is 1. The molecule has 0 radical (unpaired) electrons. The lowest BCUT2D eigenvalue weighted by molar-refractivity contribution is 0.627. The molecule has 4 nitrogen and oxygen atoms in total. The van der Waals surface area contributed by atoms with E-state index in [1.165, 1.54) is 0 Å². The summed E-state index contributed by atoms with van der Waals surface area (Å²) in [7, 11) is 0. The zero-order chi connectivity index (χ0) is 10.1. The highest BCUT2D eigenvalue weighted by Crippen LogP contribution is 2.16. The minimum atomic E-state index is 0.580. The molecule has 0 saturated heterocycles. The van der Waals surface area contributed by atoms with Crippen LogP contribution in [-0.2, 0) is 6.42 Å². The van der Waals surface area contributed by atoms with Gasteiger partial charge in [-0.2, -0.15) is 0 Å². The summed E-state index contributed by atoms with van der Waals surface area (Å²) in [6, 6.07) is 1.78. The molecular weight excluding hydrogens is 176 g/mol. The van der Waals surface area contributed by atoms with Crippen molar-refractivity contribution >= 4 is 16.9 Å². The van der Waals surface area contributed by atoms with Crippen LogP contribution in [0.4, 0.5) is 5.69 Å². The van der Waals surface area contributed by atoms with Crippen molar-refractivity contribution in [3.8, 4) is 0 Å². The summed E-state index contributed by atoms with van der Waals surface area (Å²) in [6.45, 7) is 4.31. The third-order valence-electron chi connectivity index (χ3n) is 2.07. The molecule has 0 aromatic carbocycles. The van der Waals surface area contributed by atoms with E-state index in [0.717, 1.165) is 17.8 Å². The average molecular weight is 190 g/mol. The summed E-state index contributed by atoms with van der Waals surface area (Å²) in [6.07, 6.45) is 2.60. The van der Waals surface area contributed by atoms with E-state index in [4.69, 9.17) is 5.73 Å². The standard InChI is InChI=1S/C10H14N4/c1-6(2)5-8-13-9-7(11)3-4-12-10(9)14-8/h3-4,6H,5H2,1-2H3,(H3,11,12,13,14). The molecule has 74 valence electrons. The van der Waals surface area contributed by atoms with E-state index in [1.54, 1.807) is 12.3 Å². The van der Waals surface area contributed by atoms with E-state index in [-0.39, 0.29) is 0 Å². The fraction of sp³-hybridized carbons (Fsp3) is 0.400. The van der Waals surface area contributed by atoms with Crippen LogP contribution in [0, 0.1) is 5.92 Å². The van der Waals surface area contributed by atoms with E-state index < -0.39 is 0 Å². The Hall–Kier alpha value is -1.58. The summed E-state index contributed by atoms with van der Waals surface area (Å²) in [5.41, 5.74) is 8.05. The highest BCUT2D eigenvalue weighted by Gasteiger charge is 2.07. The number of nitrogens with zero attached hydrogens (tertiary/aromatic N) is 2. The summed E-state index contributed by atoms with van der Waals surface area (Å²) in [5.74, 6) is 1.54. The summed E-state index contributed by atoms with van der Waals surface area (Å²) >= 11 is 0. The second-order valence-electron chi connectivity index (χ2n) is 3.88. The molecule has 2 rings (SSSR count). The third-order valence-corrected chi connectivity index (χ3v) is 2.07. The Morgan fingerprint density at radius 2 is 2.29 bits per heavy atom. The van der Waals surface area contributed by atoms with Gasteiger partial charge in [-0.05, 0) is 12.0 Å². The van der Waals surface area contributed by atoms with Gasteiger partial charge in [0.2, 0.25) is 0 Å². The van der Waals surface area contributed by atoms with Gasteiger partial charge in [-0.15, -0.1) is 0 Å². The van der Waals surface area contributed by atoms with Gasteiger partial charge in [0.1, 0.15) is 11.3 Å². The number of fused-ring (bicyclic) bond motifs is 1. The highest BCUT2D eigenvalue weighted by atomic mass is 15.0. The minimum Gasteiger partial charge on any atom is -0.397 e. The molecule has 14 heavy (non-hydrogen) atoms. The average Bonchev–Trinajstić information content (AvgIpc) is 2.47. The second-order valence-corrected chi connectivity index (χ2v) is 3.88. The van der Waals surface area contributed by atoms with Crippen LogP contribution < -0.4 is 5.73 Å². The Balaban J connectivity index is 2.46. The van der Waals surface area contributed by atoms with Crippen molar-refractivity contribution in [3.63, 3.8) is 0 Å². The third kappa shape index (κ3) is 1.55. The van der Waals surface area contributed by atoms with Crippen LogP contribution in [0.3, 0.4) is 0 Å².